The summed E-state index contributed by atoms with van der Waals surface area (Å²) in [6.07, 6.45) is 0.374. The molecule has 0 fully saturated rings. The lowest BCUT2D eigenvalue weighted by Gasteiger charge is -2.10. The van der Waals surface area contributed by atoms with Crippen LogP contribution in [0, 0.1) is 5.82 Å². The van der Waals surface area contributed by atoms with E-state index in [-0.39, 0.29) is 18.0 Å². The SMILES string of the molecule is CC(O)C(=O)Nc1cccn(Cc2ccc(F)cc2)c1=O. The molecule has 5 nitrogen and oxygen atoms in total. The largest absolute Gasteiger partial charge is 0.384 e. The number of anilines is 1. The first-order valence-electron chi connectivity index (χ1n) is 6.40. The van der Waals surface area contributed by atoms with Gasteiger partial charge in [0.2, 0.25) is 0 Å². The molecule has 0 saturated carbocycles. The molecule has 1 unspecified atom stereocenters. The van der Waals surface area contributed by atoms with E-state index in [0.29, 0.717) is 0 Å². The topological polar surface area (TPSA) is 71.3 Å². The quantitative estimate of drug-likeness (QED) is 0.893. The summed E-state index contributed by atoms with van der Waals surface area (Å²) in [5, 5.41) is 11.5. The maximum Gasteiger partial charge on any atom is 0.274 e. The molecule has 0 spiro atoms. The third-order valence-electron chi connectivity index (χ3n) is 2.92. The summed E-state index contributed by atoms with van der Waals surface area (Å²) in [5.41, 5.74) is 0.457. The molecule has 0 saturated heterocycles. The highest BCUT2D eigenvalue weighted by molar-refractivity contribution is 5.93. The van der Waals surface area contributed by atoms with Crippen molar-refractivity contribution in [2.45, 2.75) is 19.6 Å². The molecule has 2 rings (SSSR count). The van der Waals surface area contributed by atoms with Crippen molar-refractivity contribution in [2.75, 3.05) is 5.32 Å². The molecule has 0 aliphatic carbocycles. The molecule has 1 amide bonds. The first-order valence-corrected chi connectivity index (χ1v) is 6.40. The average molecular weight is 290 g/mol. The molecule has 2 N–H and O–H groups in total. The number of pyridine rings is 1. The van der Waals surface area contributed by atoms with Crippen LogP contribution < -0.4 is 10.9 Å². The first kappa shape index (κ1) is 14.9. The molecule has 1 aromatic carbocycles. The van der Waals surface area contributed by atoms with Gasteiger partial charge in [-0.3, -0.25) is 9.59 Å². The first-order chi connectivity index (χ1) is 9.97. The Morgan fingerprint density at radius 1 is 1.33 bits per heavy atom. The van der Waals surface area contributed by atoms with Gasteiger partial charge in [0.25, 0.3) is 11.5 Å². The van der Waals surface area contributed by atoms with Gasteiger partial charge in [-0.25, -0.2) is 4.39 Å². The second-order valence-corrected chi connectivity index (χ2v) is 4.65. The van der Waals surface area contributed by atoms with Gasteiger partial charge >= 0.3 is 0 Å². The van der Waals surface area contributed by atoms with Gasteiger partial charge in [-0.2, -0.15) is 0 Å². The number of aromatic nitrogens is 1. The van der Waals surface area contributed by atoms with Crippen LogP contribution in [0.2, 0.25) is 0 Å². The minimum atomic E-state index is -1.20. The maximum absolute atomic E-state index is 12.8. The zero-order chi connectivity index (χ0) is 15.4. The molecule has 2 aromatic rings. The monoisotopic (exact) mass is 290 g/mol. The predicted octanol–water partition coefficient (Wildman–Crippen LogP) is 1.35. The number of aliphatic hydroxyl groups is 1. The molecular weight excluding hydrogens is 275 g/mol. The fourth-order valence-electron chi connectivity index (χ4n) is 1.78. The molecule has 1 heterocycles. The molecule has 1 atom stereocenters. The summed E-state index contributed by atoms with van der Waals surface area (Å²) < 4.78 is 14.2. The highest BCUT2D eigenvalue weighted by atomic mass is 19.1. The standard InChI is InChI=1S/C15H15FN2O3/c1-10(19)14(20)17-13-3-2-8-18(15(13)21)9-11-4-6-12(16)7-5-11/h2-8,10,19H,9H2,1H3,(H,17,20). The van der Waals surface area contributed by atoms with E-state index < -0.39 is 17.6 Å². The van der Waals surface area contributed by atoms with Crippen molar-refractivity contribution in [1.29, 1.82) is 0 Å². The van der Waals surface area contributed by atoms with Crippen molar-refractivity contribution < 1.29 is 14.3 Å². The summed E-state index contributed by atoms with van der Waals surface area (Å²) in [6, 6.07) is 8.89. The zero-order valence-electron chi connectivity index (χ0n) is 11.4. The fourth-order valence-corrected chi connectivity index (χ4v) is 1.78. The van der Waals surface area contributed by atoms with E-state index in [2.05, 4.69) is 5.32 Å². The number of carbonyl (C=O) groups excluding carboxylic acids is 1. The van der Waals surface area contributed by atoms with Crippen LogP contribution in [0.1, 0.15) is 12.5 Å². The Labute approximate surface area is 120 Å². The van der Waals surface area contributed by atoms with E-state index >= 15 is 0 Å². The van der Waals surface area contributed by atoms with Gasteiger partial charge in [0, 0.05) is 6.20 Å². The van der Waals surface area contributed by atoms with Crippen molar-refractivity contribution >= 4 is 11.6 Å². The average Bonchev–Trinajstić information content (AvgIpc) is 2.45. The number of aliphatic hydroxyl groups excluding tert-OH is 1. The summed E-state index contributed by atoms with van der Waals surface area (Å²) in [4.78, 5) is 23.6. The second-order valence-electron chi connectivity index (χ2n) is 4.65. The van der Waals surface area contributed by atoms with Gasteiger partial charge in [0.05, 0.1) is 6.54 Å². The molecule has 0 bridgehead atoms. The Hall–Kier alpha value is -2.47. The van der Waals surface area contributed by atoms with E-state index in [0.717, 1.165) is 5.56 Å². The highest BCUT2D eigenvalue weighted by Gasteiger charge is 2.12. The number of nitrogens with zero attached hydrogens (tertiary/aromatic N) is 1. The minimum Gasteiger partial charge on any atom is -0.384 e. The van der Waals surface area contributed by atoms with Crippen molar-refractivity contribution in [2.24, 2.45) is 0 Å². The summed E-state index contributed by atoms with van der Waals surface area (Å²) >= 11 is 0. The van der Waals surface area contributed by atoms with Gasteiger partial charge in [0.15, 0.2) is 0 Å². The molecular formula is C15H15FN2O3. The Kier molecular flexibility index (Phi) is 4.49. The lowest BCUT2D eigenvalue weighted by molar-refractivity contribution is -0.123. The molecule has 0 aliphatic heterocycles. The number of rotatable bonds is 4. The summed E-state index contributed by atoms with van der Waals surface area (Å²) in [5.74, 6) is -0.990. The van der Waals surface area contributed by atoms with Crippen molar-refractivity contribution in [3.63, 3.8) is 0 Å². The van der Waals surface area contributed by atoms with Gasteiger partial charge in [-0.1, -0.05) is 12.1 Å². The number of amides is 1. The molecule has 6 heteroatoms. The number of halogens is 1. The molecule has 1 aromatic heterocycles. The number of benzene rings is 1. The Balaban J connectivity index is 2.23. The van der Waals surface area contributed by atoms with Crippen LogP contribution in [0.25, 0.3) is 0 Å². The van der Waals surface area contributed by atoms with Crippen molar-refractivity contribution in [3.05, 3.63) is 64.3 Å². The highest BCUT2D eigenvalue weighted by Crippen LogP contribution is 2.06. The smallest absolute Gasteiger partial charge is 0.274 e. The Bertz CT molecular complexity index is 693. The summed E-state index contributed by atoms with van der Waals surface area (Å²) in [7, 11) is 0. The normalized spacial score (nSPS) is 12.0. The predicted molar refractivity (Wildman–Crippen MR) is 76.5 cm³/mol. The van der Waals surface area contributed by atoms with Gasteiger partial charge in [-0.15, -0.1) is 0 Å². The van der Waals surface area contributed by atoms with Crippen LogP contribution in [0.15, 0.2) is 47.4 Å². The van der Waals surface area contributed by atoms with E-state index in [1.54, 1.807) is 24.4 Å². The van der Waals surface area contributed by atoms with Crippen LogP contribution in [0.3, 0.4) is 0 Å². The summed E-state index contributed by atoms with van der Waals surface area (Å²) in [6.45, 7) is 1.58. The van der Waals surface area contributed by atoms with Crippen LogP contribution in [-0.2, 0) is 11.3 Å². The van der Waals surface area contributed by atoms with Crippen LogP contribution in [-0.4, -0.2) is 21.7 Å². The lowest BCUT2D eigenvalue weighted by atomic mass is 10.2. The number of nitrogens with one attached hydrogen (secondary N) is 1. The van der Waals surface area contributed by atoms with Gasteiger partial charge < -0.3 is 15.0 Å². The third kappa shape index (κ3) is 3.76. The fraction of sp³-hybridized carbons (Fsp3) is 0.200. The second kappa shape index (κ2) is 6.32. The van der Waals surface area contributed by atoms with E-state index in [9.17, 15) is 14.0 Å². The van der Waals surface area contributed by atoms with E-state index in [1.807, 2.05) is 0 Å². The number of hydrogen-bond donors (Lipinski definition) is 2. The van der Waals surface area contributed by atoms with Crippen LogP contribution in [0.5, 0.6) is 0 Å². The molecule has 110 valence electrons. The number of hydrogen-bond acceptors (Lipinski definition) is 3. The van der Waals surface area contributed by atoms with Crippen molar-refractivity contribution in [1.82, 2.24) is 4.57 Å². The van der Waals surface area contributed by atoms with Crippen LogP contribution in [0.4, 0.5) is 10.1 Å². The van der Waals surface area contributed by atoms with E-state index in [1.165, 1.54) is 29.7 Å². The minimum absolute atomic E-state index is 0.0884. The zero-order valence-corrected chi connectivity index (χ0v) is 11.4. The lowest BCUT2D eigenvalue weighted by Crippen LogP contribution is -2.30. The third-order valence-corrected chi connectivity index (χ3v) is 2.92. The molecule has 0 aliphatic rings. The van der Waals surface area contributed by atoms with Crippen molar-refractivity contribution in [3.8, 4) is 0 Å². The van der Waals surface area contributed by atoms with Gasteiger partial charge in [0.1, 0.15) is 17.6 Å². The Morgan fingerprint density at radius 2 is 2.00 bits per heavy atom. The number of carbonyl (C=O) groups is 1. The van der Waals surface area contributed by atoms with Crippen LogP contribution >= 0.6 is 0 Å². The van der Waals surface area contributed by atoms with Gasteiger partial charge in [-0.05, 0) is 36.8 Å². The Morgan fingerprint density at radius 3 is 2.62 bits per heavy atom. The maximum atomic E-state index is 12.8. The molecule has 21 heavy (non-hydrogen) atoms. The van der Waals surface area contributed by atoms with E-state index in [4.69, 9.17) is 5.11 Å². The molecule has 0 radical (unpaired) electrons.